The second-order valence-corrected chi connectivity index (χ2v) is 7.82. The molecule has 0 aliphatic carbocycles. The van der Waals surface area contributed by atoms with Crippen molar-refractivity contribution in [2.75, 3.05) is 44.9 Å². The number of aromatic nitrogens is 1. The quantitative estimate of drug-likeness (QED) is 0.165. The molecule has 25 heavy (non-hydrogen) atoms. The molecule has 0 fully saturated rings. The Morgan fingerprint density at radius 3 is 2.68 bits per heavy atom. The van der Waals surface area contributed by atoms with Crippen LogP contribution in [-0.4, -0.2) is 64.2 Å². The number of aliphatic imine (C=N–C) groups is 1. The highest BCUT2D eigenvalue weighted by Gasteiger charge is 2.01. The number of ether oxygens (including phenoxy) is 1. The number of halogens is 2. The molecule has 0 bridgehead atoms. The van der Waals surface area contributed by atoms with Gasteiger partial charge in [-0.25, -0.2) is 13.4 Å². The Bertz CT molecular complexity index is 612. The Balaban J connectivity index is 0.00000576. The molecular weight excluding hydrogens is 479 g/mol. The van der Waals surface area contributed by atoms with Gasteiger partial charge in [0.2, 0.25) is 0 Å². The number of pyridine rings is 1. The molecule has 0 amide bonds. The van der Waals surface area contributed by atoms with Crippen LogP contribution in [0.4, 0.5) is 0 Å². The van der Waals surface area contributed by atoms with Crippen molar-refractivity contribution in [3.63, 3.8) is 0 Å². The van der Waals surface area contributed by atoms with Crippen molar-refractivity contribution in [3.8, 4) is 0 Å². The van der Waals surface area contributed by atoms with Gasteiger partial charge < -0.3 is 15.4 Å². The van der Waals surface area contributed by atoms with Gasteiger partial charge in [-0.2, -0.15) is 0 Å². The maximum atomic E-state index is 11.0. The SMILES string of the molecule is CCNC(=NCCOCCS(C)(=O)=O)NCCc1ccc(Cl)nc1.I. The summed E-state index contributed by atoms with van der Waals surface area (Å²) in [5.41, 5.74) is 1.09. The highest BCUT2D eigenvalue weighted by atomic mass is 127. The molecule has 1 aromatic heterocycles. The van der Waals surface area contributed by atoms with Crippen LogP contribution < -0.4 is 10.6 Å². The average molecular weight is 505 g/mol. The van der Waals surface area contributed by atoms with Crippen LogP contribution in [0.3, 0.4) is 0 Å². The van der Waals surface area contributed by atoms with Crippen molar-refractivity contribution in [2.45, 2.75) is 13.3 Å². The first-order valence-electron chi connectivity index (χ1n) is 7.79. The number of sulfone groups is 1. The second kappa shape index (κ2) is 13.5. The number of hydrogen-bond acceptors (Lipinski definition) is 5. The van der Waals surface area contributed by atoms with Crippen molar-refractivity contribution >= 4 is 51.4 Å². The molecule has 0 aliphatic rings. The van der Waals surface area contributed by atoms with Crippen LogP contribution in [0.25, 0.3) is 0 Å². The number of nitrogens with one attached hydrogen (secondary N) is 2. The minimum atomic E-state index is -2.98. The van der Waals surface area contributed by atoms with E-state index in [-0.39, 0.29) is 36.3 Å². The number of hydrogen-bond donors (Lipinski definition) is 2. The largest absolute Gasteiger partial charge is 0.378 e. The van der Waals surface area contributed by atoms with Crippen molar-refractivity contribution in [1.82, 2.24) is 15.6 Å². The molecule has 1 aromatic rings. The fraction of sp³-hybridized carbons (Fsp3) is 0.600. The first-order valence-corrected chi connectivity index (χ1v) is 10.2. The molecule has 10 heteroatoms. The maximum absolute atomic E-state index is 11.0. The predicted octanol–water partition coefficient (Wildman–Crippen LogP) is 1.51. The summed E-state index contributed by atoms with van der Waals surface area (Å²) in [6.07, 6.45) is 3.75. The number of nitrogens with zero attached hydrogens (tertiary/aromatic N) is 2. The van der Waals surface area contributed by atoms with E-state index < -0.39 is 9.84 Å². The van der Waals surface area contributed by atoms with Gasteiger partial charge in [-0.15, -0.1) is 24.0 Å². The summed E-state index contributed by atoms with van der Waals surface area (Å²) in [6, 6.07) is 3.71. The first-order chi connectivity index (χ1) is 11.4. The van der Waals surface area contributed by atoms with Gasteiger partial charge in [-0.3, -0.25) is 4.99 Å². The zero-order valence-electron chi connectivity index (χ0n) is 14.5. The van der Waals surface area contributed by atoms with Gasteiger partial charge in [-0.05, 0) is 25.0 Å². The van der Waals surface area contributed by atoms with Crippen LogP contribution in [0.15, 0.2) is 23.3 Å². The molecule has 0 spiro atoms. The molecule has 0 atom stereocenters. The molecule has 1 rings (SSSR count). The van der Waals surface area contributed by atoms with Gasteiger partial charge in [0.15, 0.2) is 5.96 Å². The Hall–Kier alpha value is -0.650. The zero-order valence-corrected chi connectivity index (χ0v) is 18.4. The summed E-state index contributed by atoms with van der Waals surface area (Å²) in [4.78, 5) is 8.42. The summed E-state index contributed by atoms with van der Waals surface area (Å²) in [6.45, 7) is 4.49. The summed E-state index contributed by atoms with van der Waals surface area (Å²) in [7, 11) is -2.98. The van der Waals surface area contributed by atoms with Crippen LogP contribution in [0, 0.1) is 0 Å². The van der Waals surface area contributed by atoms with E-state index in [1.807, 2.05) is 13.0 Å². The van der Waals surface area contributed by atoms with Gasteiger partial charge in [-0.1, -0.05) is 17.7 Å². The topological polar surface area (TPSA) is 92.7 Å². The first kappa shape index (κ1) is 24.4. The minimum Gasteiger partial charge on any atom is -0.378 e. The van der Waals surface area contributed by atoms with E-state index in [1.54, 1.807) is 12.3 Å². The maximum Gasteiger partial charge on any atom is 0.191 e. The van der Waals surface area contributed by atoms with Crippen LogP contribution in [-0.2, 0) is 21.0 Å². The van der Waals surface area contributed by atoms with Crippen LogP contribution in [0.2, 0.25) is 5.15 Å². The summed E-state index contributed by atoms with van der Waals surface area (Å²) < 4.78 is 27.2. The highest BCUT2D eigenvalue weighted by molar-refractivity contribution is 14.0. The van der Waals surface area contributed by atoms with Crippen molar-refractivity contribution < 1.29 is 13.2 Å². The molecule has 0 aliphatic heterocycles. The van der Waals surface area contributed by atoms with Gasteiger partial charge in [0, 0.05) is 25.5 Å². The Kier molecular flexibility index (Phi) is 13.2. The summed E-state index contributed by atoms with van der Waals surface area (Å²) in [5, 5.41) is 6.85. The normalized spacial score (nSPS) is 11.7. The molecule has 0 saturated carbocycles. The fourth-order valence-corrected chi connectivity index (χ4v) is 2.29. The fourth-order valence-electron chi connectivity index (χ4n) is 1.76. The lowest BCUT2D eigenvalue weighted by Gasteiger charge is -2.11. The molecule has 0 aromatic carbocycles. The van der Waals surface area contributed by atoms with Gasteiger partial charge in [0.1, 0.15) is 15.0 Å². The van der Waals surface area contributed by atoms with E-state index >= 15 is 0 Å². The molecule has 0 saturated heterocycles. The number of rotatable bonds is 10. The van der Waals surface area contributed by atoms with Crippen molar-refractivity contribution in [3.05, 3.63) is 29.0 Å². The van der Waals surface area contributed by atoms with Crippen molar-refractivity contribution in [1.29, 1.82) is 0 Å². The average Bonchev–Trinajstić information content (AvgIpc) is 2.51. The third kappa shape index (κ3) is 13.2. The van der Waals surface area contributed by atoms with Gasteiger partial charge >= 0.3 is 0 Å². The van der Waals surface area contributed by atoms with E-state index in [9.17, 15) is 8.42 Å². The minimum absolute atomic E-state index is 0. The lowest BCUT2D eigenvalue weighted by Crippen LogP contribution is -2.38. The van der Waals surface area contributed by atoms with E-state index in [0.717, 1.165) is 18.5 Å². The summed E-state index contributed by atoms with van der Waals surface area (Å²) >= 11 is 5.75. The lowest BCUT2D eigenvalue weighted by atomic mass is 10.2. The zero-order chi connectivity index (χ0) is 17.8. The Morgan fingerprint density at radius 1 is 1.32 bits per heavy atom. The molecule has 144 valence electrons. The predicted molar refractivity (Wildman–Crippen MR) is 113 cm³/mol. The summed E-state index contributed by atoms with van der Waals surface area (Å²) in [5.74, 6) is 0.732. The molecule has 0 unspecified atom stereocenters. The Labute approximate surface area is 171 Å². The molecule has 0 radical (unpaired) electrons. The van der Waals surface area contributed by atoms with Crippen LogP contribution in [0.1, 0.15) is 12.5 Å². The van der Waals surface area contributed by atoms with Crippen LogP contribution in [0.5, 0.6) is 0 Å². The molecule has 2 N–H and O–H groups in total. The lowest BCUT2D eigenvalue weighted by molar-refractivity contribution is 0.157. The van der Waals surface area contributed by atoms with Crippen molar-refractivity contribution in [2.24, 2.45) is 4.99 Å². The van der Waals surface area contributed by atoms with Gasteiger partial charge in [0.05, 0.1) is 25.5 Å². The van der Waals surface area contributed by atoms with E-state index in [2.05, 4.69) is 20.6 Å². The van der Waals surface area contributed by atoms with E-state index in [1.165, 1.54) is 6.26 Å². The smallest absolute Gasteiger partial charge is 0.191 e. The molecule has 1 heterocycles. The number of guanidine groups is 1. The van der Waals surface area contributed by atoms with Crippen LogP contribution >= 0.6 is 35.6 Å². The second-order valence-electron chi connectivity index (χ2n) is 5.17. The monoisotopic (exact) mass is 504 g/mol. The third-order valence-corrected chi connectivity index (χ3v) is 4.07. The highest BCUT2D eigenvalue weighted by Crippen LogP contribution is 2.05. The van der Waals surface area contributed by atoms with E-state index in [0.29, 0.717) is 30.8 Å². The molecule has 7 nitrogen and oxygen atoms in total. The Morgan fingerprint density at radius 2 is 2.08 bits per heavy atom. The van der Waals surface area contributed by atoms with Gasteiger partial charge in [0.25, 0.3) is 0 Å². The third-order valence-electron chi connectivity index (χ3n) is 2.94. The molecular formula is C15H26ClIN4O3S. The standard InChI is InChI=1S/C15H25ClN4O3S.HI/c1-3-17-15(19-8-9-23-10-11-24(2,21)22)18-7-6-13-4-5-14(16)20-12-13;/h4-5,12H,3,6-11H2,1-2H3,(H2,17,18,19);1H. The van der Waals surface area contributed by atoms with E-state index in [4.69, 9.17) is 16.3 Å².